The Morgan fingerprint density at radius 3 is 2.84 bits per heavy atom. The molecular weight excluding hydrogens is 326 g/mol. The molecule has 5 heteroatoms. The van der Waals surface area contributed by atoms with Gasteiger partial charge in [-0.1, -0.05) is 28.1 Å². The van der Waals surface area contributed by atoms with Gasteiger partial charge in [0.2, 0.25) is 0 Å². The second kappa shape index (κ2) is 6.30. The first kappa shape index (κ1) is 14.2. The molecule has 0 bridgehead atoms. The van der Waals surface area contributed by atoms with Crippen LogP contribution in [-0.2, 0) is 17.6 Å². The molecule has 1 unspecified atom stereocenters. The van der Waals surface area contributed by atoms with Gasteiger partial charge in [0.1, 0.15) is 0 Å². The molecule has 0 aliphatic carbocycles. The van der Waals surface area contributed by atoms with Crippen LogP contribution in [0.25, 0.3) is 0 Å². The van der Waals surface area contributed by atoms with Crippen LogP contribution in [0, 0.1) is 12.8 Å². The monoisotopic (exact) mass is 339 g/mol. The molecule has 0 spiro atoms. The molecule has 1 aromatic heterocycles. The number of rotatable bonds is 5. The van der Waals surface area contributed by atoms with E-state index in [0.29, 0.717) is 12.8 Å². The lowest BCUT2D eigenvalue weighted by molar-refractivity contribution is -0.141. The molecule has 0 saturated carbocycles. The van der Waals surface area contributed by atoms with Crippen LogP contribution >= 0.6 is 27.3 Å². The average molecular weight is 340 g/mol. The molecule has 2 rings (SSSR count). The Hall–Kier alpha value is -1.20. The van der Waals surface area contributed by atoms with Gasteiger partial charge in [0.25, 0.3) is 0 Å². The molecule has 1 N–H and O–H groups in total. The molecule has 3 nitrogen and oxygen atoms in total. The SMILES string of the molecule is Cc1ncc(CC(Cc2cccc(Br)c2)C(=O)O)s1. The van der Waals surface area contributed by atoms with Crippen molar-refractivity contribution in [1.29, 1.82) is 0 Å². The van der Waals surface area contributed by atoms with Crippen LogP contribution in [0.2, 0.25) is 0 Å². The summed E-state index contributed by atoms with van der Waals surface area (Å²) in [5.74, 6) is -1.17. The van der Waals surface area contributed by atoms with Crippen LogP contribution in [0.15, 0.2) is 34.9 Å². The van der Waals surface area contributed by atoms with E-state index in [1.807, 2.05) is 31.2 Å². The smallest absolute Gasteiger partial charge is 0.307 e. The Bertz CT molecular complexity index is 582. The summed E-state index contributed by atoms with van der Waals surface area (Å²) in [6.07, 6.45) is 2.84. The third-order valence-electron chi connectivity index (χ3n) is 2.84. The maximum absolute atomic E-state index is 11.4. The summed E-state index contributed by atoms with van der Waals surface area (Å²) in [5.41, 5.74) is 1.03. The molecule has 0 aliphatic heterocycles. The van der Waals surface area contributed by atoms with Crippen LogP contribution in [0.1, 0.15) is 15.4 Å². The Kier molecular flexibility index (Phi) is 4.71. The van der Waals surface area contributed by atoms with Crippen molar-refractivity contribution in [3.63, 3.8) is 0 Å². The van der Waals surface area contributed by atoms with E-state index in [-0.39, 0.29) is 0 Å². The number of hydrogen-bond donors (Lipinski definition) is 1. The molecule has 1 heterocycles. The van der Waals surface area contributed by atoms with Crippen molar-refractivity contribution in [3.8, 4) is 0 Å². The predicted octanol–water partition coefficient (Wildman–Crippen LogP) is 3.70. The topological polar surface area (TPSA) is 50.2 Å². The van der Waals surface area contributed by atoms with Crippen molar-refractivity contribution < 1.29 is 9.90 Å². The number of benzene rings is 1. The zero-order chi connectivity index (χ0) is 13.8. The summed E-state index contributed by atoms with van der Waals surface area (Å²) in [6, 6.07) is 7.79. The molecular formula is C14H14BrNO2S. The standard InChI is InChI=1S/C14H14BrNO2S/c1-9-16-8-13(19-9)7-11(14(17)18)5-10-3-2-4-12(15)6-10/h2-4,6,8,11H,5,7H2,1H3,(H,17,18). The number of aromatic nitrogens is 1. The summed E-state index contributed by atoms with van der Waals surface area (Å²) >= 11 is 4.97. The first-order valence-corrected chi connectivity index (χ1v) is 7.54. The number of carboxylic acids is 1. The highest BCUT2D eigenvalue weighted by Gasteiger charge is 2.19. The van der Waals surface area contributed by atoms with Gasteiger partial charge in [-0.15, -0.1) is 11.3 Å². The van der Waals surface area contributed by atoms with E-state index in [4.69, 9.17) is 0 Å². The number of carboxylic acid groups (broad SMARTS) is 1. The minimum Gasteiger partial charge on any atom is -0.481 e. The third kappa shape index (κ3) is 4.14. The van der Waals surface area contributed by atoms with Crippen LogP contribution in [0.3, 0.4) is 0 Å². The zero-order valence-corrected chi connectivity index (χ0v) is 12.9. The number of hydrogen-bond acceptors (Lipinski definition) is 3. The van der Waals surface area contributed by atoms with Gasteiger partial charge in [0.15, 0.2) is 0 Å². The molecule has 1 aromatic carbocycles. The summed E-state index contributed by atoms with van der Waals surface area (Å²) in [7, 11) is 0. The lowest BCUT2D eigenvalue weighted by Crippen LogP contribution is -2.18. The number of carbonyl (C=O) groups is 1. The van der Waals surface area contributed by atoms with Gasteiger partial charge in [0, 0.05) is 15.5 Å². The highest BCUT2D eigenvalue weighted by molar-refractivity contribution is 9.10. The Labute approximate surface area is 124 Å². The van der Waals surface area contributed by atoms with Crippen LogP contribution in [0.5, 0.6) is 0 Å². The molecule has 0 radical (unpaired) electrons. The van der Waals surface area contributed by atoms with E-state index in [1.165, 1.54) is 0 Å². The van der Waals surface area contributed by atoms with Crippen LogP contribution in [0.4, 0.5) is 0 Å². The van der Waals surface area contributed by atoms with E-state index >= 15 is 0 Å². The largest absolute Gasteiger partial charge is 0.481 e. The van der Waals surface area contributed by atoms with E-state index in [1.54, 1.807) is 17.5 Å². The van der Waals surface area contributed by atoms with Gasteiger partial charge in [-0.3, -0.25) is 4.79 Å². The minimum atomic E-state index is -0.758. The molecule has 19 heavy (non-hydrogen) atoms. The van der Waals surface area contributed by atoms with Gasteiger partial charge in [-0.2, -0.15) is 0 Å². The fourth-order valence-electron chi connectivity index (χ4n) is 1.94. The van der Waals surface area contributed by atoms with Crippen molar-refractivity contribution in [2.45, 2.75) is 19.8 Å². The van der Waals surface area contributed by atoms with Gasteiger partial charge < -0.3 is 5.11 Å². The van der Waals surface area contributed by atoms with E-state index in [9.17, 15) is 9.90 Å². The number of halogens is 1. The second-order valence-corrected chi connectivity index (χ2v) is 6.65. The van der Waals surface area contributed by atoms with Gasteiger partial charge in [-0.25, -0.2) is 4.98 Å². The Morgan fingerprint density at radius 2 is 2.26 bits per heavy atom. The summed E-state index contributed by atoms with van der Waals surface area (Å²) in [6.45, 7) is 1.93. The van der Waals surface area contributed by atoms with Gasteiger partial charge >= 0.3 is 5.97 Å². The normalized spacial score (nSPS) is 12.3. The minimum absolute atomic E-state index is 0.408. The van der Waals surface area contributed by atoms with Crippen molar-refractivity contribution in [2.75, 3.05) is 0 Å². The summed E-state index contributed by atoms with van der Waals surface area (Å²) in [5, 5.41) is 10.3. The fourth-order valence-corrected chi connectivity index (χ4v) is 3.26. The van der Waals surface area contributed by atoms with Crippen molar-refractivity contribution in [3.05, 3.63) is 50.4 Å². The molecule has 100 valence electrons. The molecule has 0 saturated heterocycles. The number of nitrogens with zero attached hydrogens (tertiary/aromatic N) is 1. The maximum atomic E-state index is 11.4. The highest BCUT2D eigenvalue weighted by atomic mass is 79.9. The van der Waals surface area contributed by atoms with E-state index < -0.39 is 11.9 Å². The zero-order valence-electron chi connectivity index (χ0n) is 10.5. The van der Waals surface area contributed by atoms with Crippen molar-refractivity contribution in [2.24, 2.45) is 5.92 Å². The highest BCUT2D eigenvalue weighted by Crippen LogP contribution is 2.21. The molecule has 1 atom stereocenters. The first-order chi connectivity index (χ1) is 9.04. The number of aliphatic carboxylic acids is 1. The molecule has 2 aromatic rings. The number of aryl methyl sites for hydroxylation is 1. The molecule has 0 amide bonds. The maximum Gasteiger partial charge on any atom is 0.307 e. The molecule has 0 aliphatic rings. The molecule has 0 fully saturated rings. The van der Waals surface area contributed by atoms with E-state index in [2.05, 4.69) is 20.9 Å². The Balaban J connectivity index is 2.10. The van der Waals surface area contributed by atoms with Crippen molar-refractivity contribution in [1.82, 2.24) is 4.98 Å². The lowest BCUT2D eigenvalue weighted by atomic mass is 9.96. The predicted molar refractivity (Wildman–Crippen MR) is 79.5 cm³/mol. The van der Waals surface area contributed by atoms with Crippen molar-refractivity contribution >= 4 is 33.2 Å². The van der Waals surface area contributed by atoms with Gasteiger partial charge in [0.05, 0.1) is 10.9 Å². The fraction of sp³-hybridized carbons (Fsp3) is 0.286. The number of thiazole rings is 1. The van der Waals surface area contributed by atoms with Gasteiger partial charge in [-0.05, 0) is 37.5 Å². The average Bonchev–Trinajstić information content (AvgIpc) is 2.74. The third-order valence-corrected chi connectivity index (χ3v) is 4.27. The van der Waals surface area contributed by atoms with Crippen LogP contribution in [-0.4, -0.2) is 16.1 Å². The Morgan fingerprint density at radius 1 is 1.47 bits per heavy atom. The first-order valence-electron chi connectivity index (χ1n) is 5.93. The van der Waals surface area contributed by atoms with Crippen LogP contribution < -0.4 is 0 Å². The van der Waals surface area contributed by atoms with E-state index in [0.717, 1.165) is 19.9 Å². The second-order valence-electron chi connectivity index (χ2n) is 4.42. The summed E-state index contributed by atoms with van der Waals surface area (Å²) < 4.78 is 0.975. The quantitative estimate of drug-likeness (QED) is 0.903. The lowest BCUT2D eigenvalue weighted by Gasteiger charge is -2.11. The summed E-state index contributed by atoms with van der Waals surface area (Å²) in [4.78, 5) is 16.6.